The lowest BCUT2D eigenvalue weighted by atomic mass is 10.1. The summed E-state index contributed by atoms with van der Waals surface area (Å²) in [7, 11) is 0. The number of ether oxygens (including phenoxy) is 2. The zero-order chi connectivity index (χ0) is 17.5. The maximum absolute atomic E-state index is 13.2. The summed E-state index contributed by atoms with van der Waals surface area (Å²) in [6, 6.07) is 13.7. The number of aromatic nitrogens is 4. The number of benzene rings is 2. The van der Waals surface area contributed by atoms with Crippen molar-refractivity contribution in [2.45, 2.75) is 0 Å². The van der Waals surface area contributed by atoms with Crippen molar-refractivity contribution in [3.05, 3.63) is 60.5 Å². The second-order valence-corrected chi connectivity index (χ2v) is 5.84. The molecule has 0 spiro atoms. The molecule has 3 heterocycles. The Bertz CT molecular complexity index is 1110. The van der Waals surface area contributed by atoms with Gasteiger partial charge in [0, 0.05) is 17.3 Å². The van der Waals surface area contributed by atoms with E-state index >= 15 is 0 Å². The van der Waals surface area contributed by atoms with E-state index in [0.717, 1.165) is 16.8 Å². The van der Waals surface area contributed by atoms with E-state index in [0.29, 0.717) is 36.3 Å². The van der Waals surface area contributed by atoms with Gasteiger partial charge in [0.05, 0.1) is 5.69 Å². The van der Waals surface area contributed by atoms with Crippen molar-refractivity contribution in [2.75, 3.05) is 13.2 Å². The normalized spacial score (nSPS) is 13.1. The van der Waals surface area contributed by atoms with Gasteiger partial charge in [-0.25, -0.2) is 9.37 Å². The number of hydrogen-bond acceptors (Lipinski definition) is 5. The molecule has 1 aliphatic rings. The largest absolute Gasteiger partial charge is 0.486 e. The molecule has 0 bridgehead atoms. The summed E-state index contributed by atoms with van der Waals surface area (Å²) in [5.41, 5.74) is 2.42. The molecule has 0 saturated heterocycles. The van der Waals surface area contributed by atoms with E-state index in [1.807, 2.05) is 24.3 Å². The van der Waals surface area contributed by atoms with Gasteiger partial charge in [-0.3, -0.25) is 0 Å². The van der Waals surface area contributed by atoms with Crippen LogP contribution in [0, 0.1) is 5.82 Å². The van der Waals surface area contributed by atoms with Crippen LogP contribution in [0.4, 0.5) is 4.39 Å². The first kappa shape index (κ1) is 14.8. The van der Waals surface area contributed by atoms with Crippen molar-refractivity contribution in [2.24, 2.45) is 0 Å². The molecule has 4 aromatic rings. The van der Waals surface area contributed by atoms with Crippen LogP contribution in [0.3, 0.4) is 0 Å². The van der Waals surface area contributed by atoms with Crippen LogP contribution in [0.5, 0.6) is 11.5 Å². The molecule has 1 aliphatic heterocycles. The number of nitrogens with zero attached hydrogens (tertiary/aromatic N) is 4. The number of fused-ring (bicyclic) bond motifs is 2. The molecule has 0 N–H and O–H groups in total. The number of hydrogen-bond donors (Lipinski definition) is 0. The van der Waals surface area contributed by atoms with Gasteiger partial charge in [-0.2, -0.15) is 9.50 Å². The van der Waals surface area contributed by atoms with E-state index in [4.69, 9.17) is 9.47 Å². The van der Waals surface area contributed by atoms with Crippen LogP contribution in [0.25, 0.3) is 28.4 Å². The Hall–Kier alpha value is -3.48. The minimum absolute atomic E-state index is 0.283. The molecule has 0 atom stereocenters. The summed E-state index contributed by atoms with van der Waals surface area (Å²) in [6.07, 6.45) is 1.66. The molecule has 0 aliphatic carbocycles. The molecule has 0 saturated carbocycles. The standard InChI is InChI=1S/C19H13FN4O2/c20-14-4-1-12(2-5-14)15-7-8-21-19-22-18(23-24(15)19)13-3-6-16-17(11-13)26-10-9-25-16/h1-8,11H,9-10H2. The quantitative estimate of drug-likeness (QED) is 0.556. The van der Waals surface area contributed by atoms with E-state index in [2.05, 4.69) is 15.1 Å². The molecule has 26 heavy (non-hydrogen) atoms. The third-order valence-electron chi connectivity index (χ3n) is 4.18. The Morgan fingerprint density at radius 1 is 0.885 bits per heavy atom. The van der Waals surface area contributed by atoms with Gasteiger partial charge < -0.3 is 9.47 Å². The van der Waals surface area contributed by atoms with Crippen LogP contribution < -0.4 is 9.47 Å². The number of halogens is 1. The third kappa shape index (κ3) is 2.45. The van der Waals surface area contributed by atoms with Gasteiger partial charge in [0.2, 0.25) is 0 Å². The molecule has 6 nitrogen and oxygen atoms in total. The van der Waals surface area contributed by atoms with Gasteiger partial charge in [0.25, 0.3) is 5.78 Å². The van der Waals surface area contributed by atoms with Crippen molar-refractivity contribution in [3.8, 4) is 34.1 Å². The molecule has 0 amide bonds. The summed E-state index contributed by atoms with van der Waals surface area (Å²) in [4.78, 5) is 8.78. The van der Waals surface area contributed by atoms with Crippen LogP contribution in [-0.2, 0) is 0 Å². The highest BCUT2D eigenvalue weighted by atomic mass is 19.1. The molecular formula is C19H13FN4O2. The summed E-state index contributed by atoms with van der Waals surface area (Å²) in [6.45, 7) is 1.06. The fourth-order valence-corrected chi connectivity index (χ4v) is 2.94. The number of rotatable bonds is 2. The Balaban J connectivity index is 1.62. The average molecular weight is 348 g/mol. The first-order valence-corrected chi connectivity index (χ1v) is 8.16. The molecule has 0 fully saturated rings. The van der Waals surface area contributed by atoms with Gasteiger partial charge in [0.1, 0.15) is 19.0 Å². The molecule has 2 aromatic heterocycles. The predicted octanol–water partition coefficient (Wildman–Crippen LogP) is 3.37. The Kier molecular flexibility index (Phi) is 3.31. The van der Waals surface area contributed by atoms with Gasteiger partial charge in [-0.05, 0) is 48.5 Å². The summed E-state index contributed by atoms with van der Waals surface area (Å²) >= 11 is 0. The Labute approximate surface area is 147 Å². The van der Waals surface area contributed by atoms with Crippen LogP contribution in [0.2, 0.25) is 0 Å². The van der Waals surface area contributed by atoms with Gasteiger partial charge in [-0.1, -0.05) is 0 Å². The van der Waals surface area contributed by atoms with Crippen LogP contribution in [0.15, 0.2) is 54.7 Å². The fraction of sp³-hybridized carbons (Fsp3) is 0.105. The second-order valence-electron chi connectivity index (χ2n) is 5.84. The highest BCUT2D eigenvalue weighted by molar-refractivity contribution is 5.65. The molecule has 0 radical (unpaired) electrons. The van der Waals surface area contributed by atoms with Crippen LogP contribution in [0.1, 0.15) is 0 Å². The lowest BCUT2D eigenvalue weighted by Gasteiger charge is -2.18. The summed E-state index contributed by atoms with van der Waals surface area (Å²) < 4.78 is 26.0. The highest BCUT2D eigenvalue weighted by Gasteiger charge is 2.16. The first-order chi connectivity index (χ1) is 12.8. The molecule has 5 rings (SSSR count). The van der Waals surface area contributed by atoms with Gasteiger partial charge in [0.15, 0.2) is 17.3 Å². The van der Waals surface area contributed by atoms with Crippen molar-refractivity contribution in [3.63, 3.8) is 0 Å². The third-order valence-corrected chi connectivity index (χ3v) is 4.18. The Morgan fingerprint density at radius 3 is 2.50 bits per heavy atom. The van der Waals surface area contributed by atoms with E-state index in [1.165, 1.54) is 12.1 Å². The van der Waals surface area contributed by atoms with E-state index in [1.54, 1.807) is 22.8 Å². The zero-order valence-electron chi connectivity index (χ0n) is 13.6. The minimum atomic E-state index is -0.283. The minimum Gasteiger partial charge on any atom is -0.486 e. The zero-order valence-corrected chi connectivity index (χ0v) is 13.6. The van der Waals surface area contributed by atoms with Crippen molar-refractivity contribution in [1.82, 2.24) is 19.6 Å². The predicted molar refractivity (Wildman–Crippen MR) is 92.6 cm³/mol. The smallest absolute Gasteiger partial charge is 0.253 e. The highest BCUT2D eigenvalue weighted by Crippen LogP contribution is 2.33. The SMILES string of the molecule is Fc1ccc(-c2ccnc3nc(-c4ccc5c(c4)OCCO5)nn23)cc1. The van der Waals surface area contributed by atoms with Gasteiger partial charge in [-0.15, -0.1) is 5.10 Å². The molecule has 7 heteroatoms. The van der Waals surface area contributed by atoms with Crippen molar-refractivity contribution in [1.29, 1.82) is 0 Å². The maximum Gasteiger partial charge on any atom is 0.253 e. The molecule has 2 aromatic carbocycles. The van der Waals surface area contributed by atoms with Crippen LogP contribution in [-0.4, -0.2) is 32.8 Å². The average Bonchev–Trinajstić information content (AvgIpc) is 3.13. The molecular weight excluding hydrogens is 335 g/mol. The lowest BCUT2D eigenvalue weighted by molar-refractivity contribution is 0.171. The fourth-order valence-electron chi connectivity index (χ4n) is 2.94. The van der Waals surface area contributed by atoms with E-state index in [-0.39, 0.29) is 5.82 Å². The van der Waals surface area contributed by atoms with Crippen molar-refractivity contribution < 1.29 is 13.9 Å². The monoisotopic (exact) mass is 348 g/mol. The van der Waals surface area contributed by atoms with E-state index < -0.39 is 0 Å². The van der Waals surface area contributed by atoms with Crippen LogP contribution >= 0.6 is 0 Å². The molecule has 0 unspecified atom stereocenters. The topological polar surface area (TPSA) is 61.5 Å². The summed E-state index contributed by atoms with van der Waals surface area (Å²) in [5.74, 6) is 2.11. The Morgan fingerprint density at radius 2 is 1.65 bits per heavy atom. The maximum atomic E-state index is 13.2. The van der Waals surface area contributed by atoms with Crippen molar-refractivity contribution >= 4 is 5.78 Å². The summed E-state index contributed by atoms with van der Waals surface area (Å²) in [5, 5.41) is 4.58. The molecule has 128 valence electrons. The first-order valence-electron chi connectivity index (χ1n) is 8.16. The lowest BCUT2D eigenvalue weighted by Crippen LogP contribution is -2.15. The van der Waals surface area contributed by atoms with E-state index in [9.17, 15) is 4.39 Å². The van der Waals surface area contributed by atoms with Gasteiger partial charge >= 0.3 is 0 Å². The second kappa shape index (κ2) is 5.80.